The van der Waals surface area contributed by atoms with Crippen molar-refractivity contribution in [1.82, 2.24) is 0 Å². The van der Waals surface area contributed by atoms with Crippen LogP contribution in [0, 0.1) is 22.9 Å². The monoisotopic (exact) mass is 257 g/mol. The molecule has 1 fully saturated rings. The van der Waals surface area contributed by atoms with Crippen LogP contribution in [0.4, 0.5) is 13.2 Å². The van der Waals surface area contributed by atoms with Gasteiger partial charge in [0.15, 0.2) is 23.2 Å². The summed E-state index contributed by atoms with van der Waals surface area (Å²) in [5.74, 6) is -4.82. The molecule has 0 aromatic heterocycles. The molecule has 1 aliphatic rings. The van der Waals surface area contributed by atoms with Crippen LogP contribution in [0.25, 0.3) is 0 Å². The summed E-state index contributed by atoms with van der Waals surface area (Å²) in [6.07, 6.45) is 2.72. The van der Waals surface area contributed by atoms with E-state index in [1.54, 1.807) is 0 Å². The van der Waals surface area contributed by atoms with E-state index in [2.05, 4.69) is 0 Å². The molecule has 0 heterocycles. The maximum atomic E-state index is 13.4. The van der Waals surface area contributed by atoms with Gasteiger partial charge in [-0.25, -0.2) is 13.2 Å². The standard InChI is InChI=1S/C13H14F3NO/c14-9-3-2-8(11(15)12(9)16)10(18)6-13(7-17)4-1-5-13/h2-3H,1,4-7,17H2. The number of halogens is 3. The number of ketones is 1. The highest BCUT2D eigenvalue weighted by Crippen LogP contribution is 2.43. The van der Waals surface area contributed by atoms with E-state index < -0.39 is 28.8 Å². The molecule has 5 heteroatoms. The Labute approximate surface area is 103 Å². The van der Waals surface area contributed by atoms with E-state index in [4.69, 9.17) is 5.73 Å². The van der Waals surface area contributed by atoms with Crippen molar-refractivity contribution in [3.05, 3.63) is 35.1 Å². The van der Waals surface area contributed by atoms with Crippen molar-refractivity contribution in [3.63, 3.8) is 0 Å². The average Bonchev–Trinajstić information content (AvgIpc) is 2.31. The van der Waals surface area contributed by atoms with Crippen molar-refractivity contribution >= 4 is 5.78 Å². The lowest BCUT2D eigenvalue weighted by atomic mass is 9.65. The minimum Gasteiger partial charge on any atom is -0.330 e. The molecular formula is C13H14F3NO. The Morgan fingerprint density at radius 2 is 1.89 bits per heavy atom. The number of nitrogens with two attached hydrogens (primary N) is 1. The first-order chi connectivity index (χ1) is 8.49. The molecule has 18 heavy (non-hydrogen) atoms. The molecule has 0 radical (unpaired) electrons. The minimum absolute atomic E-state index is 0.0888. The number of carbonyl (C=O) groups excluding carboxylic acids is 1. The van der Waals surface area contributed by atoms with Gasteiger partial charge in [-0.1, -0.05) is 6.42 Å². The van der Waals surface area contributed by atoms with Gasteiger partial charge < -0.3 is 5.73 Å². The van der Waals surface area contributed by atoms with Crippen LogP contribution in [0.15, 0.2) is 12.1 Å². The van der Waals surface area contributed by atoms with Crippen LogP contribution in [0.2, 0.25) is 0 Å². The van der Waals surface area contributed by atoms with Gasteiger partial charge >= 0.3 is 0 Å². The molecule has 0 spiro atoms. The van der Waals surface area contributed by atoms with E-state index >= 15 is 0 Å². The molecule has 2 nitrogen and oxygen atoms in total. The molecule has 2 rings (SSSR count). The predicted octanol–water partition coefficient (Wildman–Crippen LogP) is 2.81. The highest BCUT2D eigenvalue weighted by Gasteiger charge is 2.38. The highest BCUT2D eigenvalue weighted by atomic mass is 19.2. The second-order valence-corrected chi connectivity index (χ2v) is 4.88. The van der Waals surface area contributed by atoms with E-state index in [1.165, 1.54) is 0 Å². The van der Waals surface area contributed by atoms with Crippen molar-refractivity contribution in [2.24, 2.45) is 11.1 Å². The summed E-state index contributed by atoms with van der Waals surface area (Å²) in [5, 5.41) is 0. The van der Waals surface area contributed by atoms with Gasteiger partial charge in [-0.05, 0) is 36.9 Å². The van der Waals surface area contributed by atoms with Crippen molar-refractivity contribution in [2.75, 3.05) is 6.54 Å². The molecule has 98 valence electrons. The number of hydrogen-bond donors (Lipinski definition) is 1. The largest absolute Gasteiger partial charge is 0.330 e. The first kappa shape index (κ1) is 13.1. The molecule has 2 N–H and O–H groups in total. The third-order valence-corrected chi connectivity index (χ3v) is 3.72. The predicted molar refractivity (Wildman–Crippen MR) is 60.6 cm³/mol. The lowest BCUT2D eigenvalue weighted by molar-refractivity contribution is 0.0781. The first-order valence-corrected chi connectivity index (χ1v) is 5.86. The summed E-state index contributed by atoms with van der Waals surface area (Å²) < 4.78 is 39.2. The lowest BCUT2D eigenvalue weighted by Gasteiger charge is -2.40. The molecule has 1 aromatic rings. The molecular weight excluding hydrogens is 243 g/mol. The Hall–Kier alpha value is -1.36. The zero-order valence-electron chi connectivity index (χ0n) is 9.81. The highest BCUT2D eigenvalue weighted by molar-refractivity contribution is 5.96. The quantitative estimate of drug-likeness (QED) is 0.665. The van der Waals surface area contributed by atoms with Gasteiger partial charge in [0.1, 0.15) is 0 Å². The maximum absolute atomic E-state index is 13.4. The number of hydrogen-bond acceptors (Lipinski definition) is 2. The SMILES string of the molecule is NCC1(CC(=O)c2ccc(F)c(F)c2F)CCC1. The summed E-state index contributed by atoms with van der Waals surface area (Å²) in [7, 11) is 0. The molecule has 0 unspecified atom stereocenters. The third kappa shape index (κ3) is 2.14. The molecule has 1 aromatic carbocycles. The van der Waals surface area contributed by atoms with Crippen LogP contribution in [-0.2, 0) is 0 Å². The van der Waals surface area contributed by atoms with Crippen LogP contribution in [0.5, 0.6) is 0 Å². The van der Waals surface area contributed by atoms with Crippen LogP contribution in [0.1, 0.15) is 36.0 Å². The van der Waals surface area contributed by atoms with E-state index in [0.717, 1.165) is 31.4 Å². The summed E-state index contributed by atoms with van der Waals surface area (Å²) in [4.78, 5) is 11.9. The molecule has 0 amide bonds. The normalized spacial score (nSPS) is 17.3. The van der Waals surface area contributed by atoms with Gasteiger partial charge in [-0.15, -0.1) is 0 Å². The van der Waals surface area contributed by atoms with Gasteiger partial charge in [0.25, 0.3) is 0 Å². The number of carbonyl (C=O) groups is 1. The zero-order valence-corrected chi connectivity index (χ0v) is 9.81. The van der Waals surface area contributed by atoms with Crippen LogP contribution in [0.3, 0.4) is 0 Å². The van der Waals surface area contributed by atoms with Gasteiger partial charge in [0.2, 0.25) is 0 Å². The van der Waals surface area contributed by atoms with Gasteiger partial charge in [-0.2, -0.15) is 0 Å². The molecule has 0 saturated heterocycles. The van der Waals surface area contributed by atoms with Crippen molar-refractivity contribution < 1.29 is 18.0 Å². The van der Waals surface area contributed by atoms with E-state index in [9.17, 15) is 18.0 Å². The van der Waals surface area contributed by atoms with Crippen molar-refractivity contribution in [1.29, 1.82) is 0 Å². The molecule has 0 aliphatic heterocycles. The third-order valence-electron chi connectivity index (χ3n) is 3.72. The van der Waals surface area contributed by atoms with Crippen molar-refractivity contribution in [2.45, 2.75) is 25.7 Å². The second-order valence-electron chi connectivity index (χ2n) is 4.88. The van der Waals surface area contributed by atoms with Crippen LogP contribution >= 0.6 is 0 Å². The summed E-state index contributed by atoms with van der Waals surface area (Å²) in [6, 6.07) is 1.75. The Balaban J connectivity index is 2.22. The molecule has 1 saturated carbocycles. The Morgan fingerprint density at radius 1 is 1.22 bits per heavy atom. The Bertz CT molecular complexity index is 478. The Kier molecular flexibility index (Phi) is 3.43. The van der Waals surface area contributed by atoms with Gasteiger partial charge in [0.05, 0.1) is 5.56 Å². The topological polar surface area (TPSA) is 43.1 Å². The van der Waals surface area contributed by atoms with Crippen LogP contribution < -0.4 is 5.73 Å². The number of rotatable bonds is 4. The smallest absolute Gasteiger partial charge is 0.195 e. The number of benzene rings is 1. The average molecular weight is 257 g/mol. The minimum atomic E-state index is -1.60. The number of Topliss-reactive ketones (excluding diaryl/α,β-unsaturated/α-hetero) is 1. The first-order valence-electron chi connectivity index (χ1n) is 5.86. The van der Waals surface area contributed by atoms with E-state index in [1.807, 2.05) is 0 Å². The summed E-state index contributed by atoms with van der Waals surface area (Å²) in [6.45, 7) is 0.351. The fourth-order valence-corrected chi connectivity index (χ4v) is 2.31. The van der Waals surface area contributed by atoms with Gasteiger partial charge in [0, 0.05) is 6.42 Å². The van der Waals surface area contributed by atoms with Gasteiger partial charge in [-0.3, -0.25) is 4.79 Å². The Morgan fingerprint density at radius 3 is 2.39 bits per heavy atom. The second kappa shape index (κ2) is 4.72. The fraction of sp³-hybridized carbons (Fsp3) is 0.462. The fourth-order valence-electron chi connectivity index (χ4n) is 2.31. The van der Waals surface area contributed by atoms with E-state index in [0.29, 0.717) is 6.54 Å². The zero-order chi connectivity index (χ0) is 13.3. The molecule has 0 bridgehead atoms. The lowest BCUT2D eigenvalue weighted by Crippen LogP contribution is -2.39. The van der Waals surface area contributed by atoms with Crippen LogP contribution in [-0.4, -0.2) is 12.3 Å². The summed E-state index contributed by atoms with van der Waals surface area (Å²) >= 11 is 0. The van der Waals surface area contributed by atoms with Crippen molar-refractivity contribution in [3.8, 4) is 0 Å². The molecule has 1 aliphatic carbocycles. The molecule has 0 atom stereocenters. The summed E-state index contributed by atoms with van der Waals surface area (Å²) in [5.41, 5.74) is 4.93. The van der Waals surface area contributed by atoms with E-state index in [-0.39, 0.29) is 11.8 Å². The maximum Gasteiger partial charge on any atom is 0.195 e.